The van der Waals surface area contributed by atoms with Gasteiger partial charge in [-0.3, -0.25) is 4.79 Å². The molecule has 1 amide bonds. The van der Waals surface area contributed by atoms with Crippen LogP contribution in [0, 0.1) is 12.8 Å². The minimum absolute atomic E-state index is 0. The summed E-state index contributed by atoms with van der Waals surface area (Å²) in [7, 11) is 0. The van der Waals surface area contributed by atoms with E-state index in [9.17, 15) is 4.79 Å². The number of carbonyl (C=O) groups is 1. The molecule has 1 aliphatic heterocycles. The molecule has 1 aromatic rings. The fourth-order valence-electron chi connectivity index (χ4n) is 2.20. The van der Waals surface area contributed by atoms with E-state index in [-0.39, 0.29) is 18.3 Å². The SMILES string of the molecule is Cc1ccc(C(=O)NCCC2CCCNC2)o1.Cl. The summed E-state index contributed by atoms with van der Waals surface area (Å²) in [5, 5.41) is 6.28. The number of piperidine rings is 1. The van der Waals surface area contributed by atoms with Crippen molar-refractivity contribution in [2.45, 2.75) is 26.2 Å². The molecule has 0 saturated carbocycles. The van der Waals surface area contributed by atoms with E-state index in [1.807, 2.05) is 6.92 Å². The first kappa shape index (κ1) is 15.1. The van der Waals surface area contributed by atoms with Gasteiger partial charge < -0.3 is 15.1 Å². The Morgan fingerprint density at radius 3 is 3.00 bits per heavy atom. The smallest absolute Gasteiger partial charge is 0.286 e. The summed E-state index contributed by atoms with van der Waals surface area (Å²) >= 11 is 0. The van der Waals surface area contributed by atoms with Crippen molar-refractivity contribution in [3.63, 3.8) is 0 Å². The van der Waals surface area contributed by atoms with E-state index in [2.05, 4.69) is 10.6 Å². The van der Waals surface area contributed by atoms with Crippen LogP contribution in [0.5, 0.6) is 0 Å². The molecular formula is C13H21ClN2O2. The molecule has 0 spiro atoms. The Morgan fingerprint density at radius 1 is 1.56 bits per heavy atom. The van der Waals surface area contributed by atoms with Crippen molar-refractivity contribution in [1.82, 2.24) is 10.6 Å². The normalized spacial score (nSPS) is 19.1. The zero-order valence-corrected chi connectivity index (χ0v) is 11.5. The van der Waals surface area contributed by atoms with E-state index in [4.69, 9.17) is 4.42 Å². The van der Waals surface area contributed by atoms with Crippen molar-refractivity contribution in [1.29, 1.82) is 0 Å². The topological polar surface area (TPSA) is 54.3 Å². The first-order valence-corrected chi connectivity index (χ1v) is 6.31. The first-order chi connectivity index (χ1) is 8.25. The molecule has 0 radical (unpaired) electrons. The molecule has 2 rings (SSSR count). The monoisotopic (exact) mass is 272 g/mol. The lowest BCUT2D eigenvalue weighted by Gasteiger charge is -2.22. The number of halogens is 1. The van der Waals surface area contributed by atoms with Gasteiger partial charge in [-0.25, -0.2) is 0 Å². The minimum Gasteiger partial charge on any atom is -0.456 e. The number of nitrogens with one attached hydrogen (secondary N) is 2. The maximum Gasteiger partial charge on any atom is 0.286 e. The molecule has 0 aromatic carbocycles. The van der Waals surface area contributed by atoms with E-state index < -0.39 is 0 Å². The molecule has 2 N–H and O–H groups in total. The highest BCUT2D eigenvalue weighted by atomic mass is 35.5. The van der Waals surface area contributed by atoms with Crippen LogP contribution < -0.4 is 10.6 Å². The average molecular weight is 273 g/mol. The van der Waals surface area contributed by atoms with Gasteiger partial charge >= 0.3 is 0 Å². The molecule has 1 atom stereocenters. The van der Waals surface area contributed by atoms with Crippen LogP contribution in [0.15, 0.2) is 16.5 Å². The summed E-state index contributed by atoms with van der Waals surface area (Å²) in [5.74, 6) is 1.76. The van der Waals surface area contributed by atoms with Gasteiger partial charge in [-0.2, -0.15) is 0 Å². The summed E-state index contributed by atoms with van der Waals surface area (Å²) in [5.41, 5.74) is 0. The molecule has 0 bridgehead atoms. The predicted octanol–water partition coefficient (Wildman–Crippen LogP) is 2.13. The van der Waals surface area contributed by atoms with E-state index in [1.165, 1.54) is 12.8 Å². The van der Waals surface area contributed by atoms with Crippen molar-refractivity contribution < 1.29 is 9.21 Å². The largest absolute Gasteiger partial charge is 0.456 e. The van der Waals surface area contributed by atoms with Crippen LogP contribution >= 0.6 is 12.4 Å². The van der Waals surface area contributed by atoms with Gasteiger partial charge in [0.2, 0.25) is 0 Å². The van der Waals surface area contributed by atoms with Gasteiger partial charge in [-0.05, 0) is 57.3 Å². The highest BCUT2D eigenvalue weighted by Gasteiger charge is 2.14. The van der Waals surface area contributed by atoms with Crippen LogP contribution in [-0.4, -0.2) is 25.5 Å². The number of hydrogen-bond acceptors (Lipinski definition) is 3. The van der Waals surface area contributed by atoms with Gasteiger partial charge in [-0.1, -0.05) is 0 Å². The second-order valence-corrected chi connectivity index (χ2v) is 4.67. The molecule has 1 unspecified atom stereocenters. The summed E-state index contributed by atoms with van der Waals surface area (Å²) < 4.78 is 5.26. The summed E-state index contributed by atoms with van der Waals surface area (Å²) in [6, 6.07) is 3.52. The molecule has 1 fully saturated rings. The lowest BCUT2D eigenvalue weighted by molar-refractivity contribution is 0.0921. The van der Waals surface area contributed by atoms with E-state index in [0.717, 1.165) is 31.8 Å². The summed E-state index contributed by atoms with van der Waals surface area (Å²) in [6.07, 6.45) is 3.55. The number of rotatable bonds is 4. The average Bonchev–Trinajstić information content (AvgIpc) is 2.77. The van der Waals surface area contributed by atoms with E-state index in [0.29, 0.717) is 11.7 Å². The third-order valence-corrected chi connectivity index (χ3v) is 3.20. The Labute approximate surface area is 114 Å². The lowest BCUT2D eigenvalue weighted by atomic mass is 9.96. The quantitative estimate of drug-likeness (QED) is 0.883. The third-order valence-electron chi connectivity index (χ3n) is 3.20. The molecule has 0 aliphatic carbocycles. The Bertz CT molecular complexity index is 373. The molecule has 2 heterocycles. The van der Waals surface area contributed by atoms with Crippen molar-refractivity contribution in [3.8, 4) is 0 Å². The molecular weight excluding hydrogens is 252 g/mol. The number of hydrogen-bond donors (Lipinski definition) is 2. The van der Waals surface area contributed by atoms with Crippen LogP contribution in [0.4, 0.5) is 0 Å². The zero-order valence-electron chi connectivity index (χ0n) is 10.7. The molecule has 1 saturated heterocycles. The predicted molar refractivity (Wildman–Crippen MR) is 73.2 cm³/mol. The molecule has 1 aromatic heterocycles. The number of furan rings is 1. The summed E-state index contributed by atoms with van der Waals surface area (Å²) in [4.78, 5) is 11.7. The van der Waals surface area contributed by atoms with Crippen LogP contribution in [0.2, 0.25) is 0 Å². The standard InChI is InChI=1S/C13H20N2O2.ClH/c1-10-4-5-12(17-10)13(16)15-8-6-11-3-2-7-14-9-11;/h4-5,11,14H,2-3,6-9H2,1H3,(H,15,16);1H. The second kappa shape index (κ2) is 7.44. The van der Waals surface area contributed by atoms with Gasteiger partial charge in [0.05, 0.1) is 0 Å². The number of carbonyl (C=O) groups excluding carboxylic acids is 1. The second-order valence-electron chi connectivity index (χ2n) is 4.67. The molecule has 5 heteroatoms. The van der Waals surface area contributed by atoms with Crippen molar-refractivity contribution >= 4 is 18.3 Å². The maximum atomic E-state index is 11.7. The van der Waals surface area contributed by atoms with E-state index >= 15 is 0 Å². The lowest BCUT2D eigenvalue weighted by Crippen LogP contribution is -2.33. The van der Waals surface area contributed by atoms with Crippen molar-refractivity contribution in [2.24, 2.45) is 5.92 Å². The highest BCUT2D eigenvalue weighted by Crippen LogP contribution is 2.13. The molecule has 1 aliphatic rings. The highest BCUT2D eigenvalue weighted by molar-refractivity contribution is 5.91. The van der Waals surface area contributed by atoms with Crippen molar-refractivity contribution in [2.75, 3.05) is 19.6 Å². The summed E-state index contributed by atoms with van der Waals surface area (Å²) in [6.45, 7) is 4.78. The zero-order chi connectivity index (χ0) is 12.1. The molecule has 4 nitrogen and oxygen atoms in total. The van der Waals surface area contributed by atoms with Gasteiger partial charge in [0.1, 0.15) is 5.76 Å². The Morgan fingerprint density at radius 2 is 2.39 bits per heavy atom. The Kier molecular flexibility index (Phi) is 6.22. The van der Waals surface area contributed by atoms with Gasteiger partial charge in [0.25, 0.3) is 5.91 Å². The van der Waals surface area contributed by atoms with Crippen LogP contribution in [0.1, 0.15) is 35.6 Å². The minimum atomic E-state index is -0.109. The van der Waals surface area contributed by atoms with Gasteiger partial charge in [0, 0.05) is 6.54 Å². The van der Waals surface area contributed by atoms with Crippen LogP contribution in [-0.2, 0) is 0 Å². The fraction of sp³-hybridized carbons (Fsp3) is 0.615. The number of aryl methyl sites for hydroxylation is 1. The molecule has 102 valence electrons. The van der Waals surface area contributed by atoms with E-state index in [1.54, 1.807) is 12.1 Å². The van der Waals surface area contributed by atoms with Gasteiger partial charge in [-0.15, -0.1) is 12.4 Å². The van der Waals surface area contributed by atoms with Crippen molar-refractivity contribution in [3.05, 3.63) is 23.7 Å². The fourth-order valence-corrected chi connectivity index (χ4v) is 2.20. The third kappa shape index (κ3) is 4.35. The van der Waals surface area contributed by atoms with Crippen LogP contribution in [0.3, 0.4) is 0 Å². The number of amides is 1. The maximum absolute atomic E-state index is 11.7. The molecule has 18 heavy (non-hydrogen) atoms. The van der Waals surface area contributed by atoms with Gasteiger partial charge in [0.15, 0.2) is 5.76 Å². The Balaban J connectivity index is 0.00000162. The van der Waals surface area contributed by atoms with Crippen LogP contribution in [0.25, 0.3) is 0 Å². The first-order valence-electron chi connectivity index (χ1n) is 6.31. The Hall–Kier alpha value is -1.00.